The van der Waals surface area contributed by atoms with Gasteiger partial charge in [-0.15, -0.1) is 0 Å². The third-order valence-corrected chi connectivity index (χ3v) is 4.57. The predicted octanol–water partition coefficient (Wildman–Crippen LogP) is 5.41. The maximum absolute atomic E-state index is 14.9. The van der Waals surface area contributed by atoms with E-state index in [-0.39, 0.29) is 50.7 Å². The van der Waals surface area contributed by atoms with Gasteiger partial charge in [-0.2, -0.15) is 0 Å². The minimum absolute atomic E-state index is 0.0119. The summed E-state index contributed by atoms with van der Waals surface area (Å²) in [6, 6.07) is 6.10. The number of carbonyl (C=O) groups excluding carboxylic acids is 1. The Morgan fingerprint density at radius 1 is 1.30 bits per heavy atom. The van der Waals surface area contributed by atoms with Gasteiger partial charge >= 0.3 is 0 Å². The van der Waals surface area contributed by atoms with Crippen LogP contribution < -0.4 is 15.8 Å². The highest BCUT2D eigenvalue weighted by atomic mass is 35.5. The van der Waals surface area contributed by atoms with Crippen molar-refractivity contribution >= 4 is 34.8 Å². The molecule has 1 aromatic heterocycles. The second-order valence-electron chi connectivity index (χ2n) is 6.26. The molecule has 0 unspecified atom stereocenters. The molecule has 2 aromatic carbocycles. The first-order valence-corrected chi connectivity index (χ1v) is 9.25. The molecular formula is C19H15Cl2F3N4O2. The van der Waals surface area contributed by atoms with E-state index in [0.717, 1.165) is 12.1 Å². The van der Waals surface area contributed by atoms with Crippen LogP contribution in [0.5, 0.6) is 11.5 Å². The molecule has 0 aliphatic carbocycles. The number of anilines is 1. The van der Waals surface area contributed by atoms with E-state index in [9.17, 15) is 18.0 Å². The second-order valence-corrected chi connectivity index (χ2v) is 7.02. The average molecular weight is 459 g/mol. The smallest absolute Gasteiger partial charge is 0.271 e. The number of nitrogens with zero attached hydrogens (tertiary/aromatic N) is 1. The Balaban J connectivity index is 1.82. The molecule has 6 nitrogen and oxygen atoms in total. The van der Waals surface area contributed by atoms with Gasteiger partial charge in [0.25, 0.3) is 12.3 Å². The fourth-order valence-electron chi connectivity index (χ4n) is 2.63. The van der Waals surface area contributed by atoms with E-state index < -0.39 is 18.1 Å². The van der Waals surface area contributed by atoms with E-state index in [2.05, 4.69) is 15.3 Å². The normalized spacial score (nSPS) is 11.0. The van der Waals surface area contributed by atoms with Crippen LogP contribution in [0.2, 0.25) is 10.2 Å². The summed E-state index contributed by atoms with van der Waals surface area (Å²) < 4.78 is 46.3. The Kier molecular flexibility index (Phi) is 6.42. The molecule has 11 heteroatoms. The summed E-state index contributed by atoms with van der Waals surface area (Å²) >= 11 is 11.9. The van der Waals surface area contributed by atoms with Crippen LogP contribution in [-0.4, -0.2) is 15.9 Å². The number of aromatic amines is 1. The fraction of sp³-hybridized carbons (Fsp3) is 0.158. The van der Waals surface area contributed by atoms with Crippen molar-refractivity contribution in [1.82, 2.24) is 15.3 Å². The second kappa shape index (κ2) is 8.85. The molecule has 0 bridgehead atoms. The minimum Gasteiger partial charge on any atom is -0.453 e. The van der Waals surface area contributed by atoms with Crippen molar-refractivity contribution < 1.29 is 22.7 Å². The van der Waals surface area contributed by atoms with Crippen LogP contribution in [0.3, 0.4) is 0 Å². The summed E-state index contributed by atoms with van der Waals surface area (Å²) in [6.07, 6.45) is -2.78. The zero-order valence-electron chi connectivity index (χ0n) is 15.4. The highest BCUT2D eigenvalue weighted by molar-refractivity contribution is 6.32. The Labute approximate surface area is 179 Å². The van der Waals surface area contributed by atoms with Crippen molar-refractivity contribution in [1.29, 1.82) is 0 Å². The van der Waals surface area contributed by atoms with Crippen molar-refractivity contribution in [2.45, 2.75) is 19.9 Å². The number of nitrogen functional groups attached to an aromatic ring is 1. The lowest BCUT2D eigenvalue weighted by molar-refractivity contribution is 0.0946. The summed E-state index contributed by atoms with van der Waals surface area (Å²) in [6.45, 7) is 1.41. The summed E-state index contributed by atoms with van der Waals surface area (Å²) in [5.74, 6) is -1.49. The first-order valence-electron chi connectivity index (χ1n) is 8.49. The first kappa shape index (κ1) is 21.8. The number of nitrogens with two attached hydrogens (primary N) is 1. The largest absolute Gasteiger partial charge is 0.453 e. The molecular weight excluding hydrogens is 444 g/mol. The molecule has 0 saturated carbocycles. The average Bonchev–Trinajstić information content (AvgIpc) is 3.02. The number of amides is 1. The molecule has 0 radical (unpaired) electrons. The van der Waals surface area contributed by atoms with Gasteiger partial charge in [0.15, 0.2) is 16.7 Å². The zero-order valence-corrected chi connectivity index (χ0v) is 16.9. The number of carbonyl (C=O) groups is 1. The number of hydrogen-bond acceptors (Lipinski definition) is 4. The molecule has 1 amide bonds. The summed E-state index contributed by atoms with van der Waals surface area (Å²) in [4.78, 5) is 18.8. The molecule has 0 aliphatic heterocycles. The number of H-pyrrole nitrogens is 1. The molecule has 30 heavy (non-hydrogen) atoms. The SMILES string of the molecule is Cc1nc(Cl)c(C(=O)NCc2ccc(Cl)c(Oc3cc(N)cc(C(F)F)c3)c2F)[nH]1. The molecule has 4 N–H and O–H groups in total. The molecule has 3 aromatic rings. The van der Waals surface area contributed by atoms with Crippen molar-refractivity contribution in [3.63, 3.8) is 0 Å². The number of nitrogens with one attached hydrogen (secondary N) is 2. The van der Waals surface area contributed by atoms with E-state index in [1.807, 2.05) is 0 Å². The van der Waals surface area contributed by atoms with E-state index in [0.29, 0.717) is 5.82 Å². The van der Waals surface area contributed by atoms with Crippen LogP contribution in [0.15, 0.2) is 30.3 Å². The third kappa shape index (κ3) is 4.80. The molecule has 0 atom stereocenters. The van der Waals surface area contributed by atoms with Gasteiger partial charge in [-0.05, 0) is 25.1 Å². The Bertz CT molecular complexity index is 1110. The number of ether oxygens (including phenoxy) is 1. The van der Waals surface area contributed by atoms with Gasteiger partial charge in [-0.25, -0.2) is 18.2 Å². The number of aromatic nitrogens is 2. The monoisotopic (exact) mass is 458 g/mol. The van der Waals surface area contributed by atoms with Crippen molar-refractivity contribution in [3.05, 3.63) is 69.0 Å². The summed E-state index contributed by atoms with van der Waals surface area (Å²) in [5.41, 5.74) is 5.34. The van der Waals surface area contributed by atoms with Crippen molar-refractivity contribution in [2.24, 2.45) is 0 Å². The van der Waals surface area contributed by atoms with Crippen LogP contribution in [0.4, 0.5) is 18.9 Å². The highest BCUT2D eigenvalue weighted by Gasteiger charge is 2.19. The number of aryl methyl sites for hydroxylation is 1. The van der Waals surface area contributed by atoms with Gasteiger partial charge in [0.05, 0.1) is 5.02 Å². The van der Waals surface area contributed by atoms with E-state index >= 15 is 0 Å². The molecule has 1 heterocycles. The first-order chi connectivity index (χ1) is 14.2. The number of rotatable bonds is 6. The highest BCUT2D eigenvalue weighted by Crippen LogP contribution is 2.36. The number of imidazole rings is 1. The van der Waals surface area contributed by atoms with Gasteiger partial charge in [-0.3, -0.25) is 4.79 Å². The van der Waals surface area contributed by atoms with Crippen LogP contribution in [-0.2, 0) is 6.54 Å². The summed E-state index contributed by atoms with van der Waals surface area (Å²) in [7, 11) is 0. The zero-order chi connectivity index (χ0) is 22.0. The molecule has 0 fully saturated rings. The topological polar surface area (TPSA) is 93.0 Å². The van der Waals surface area contributed by atoms with E-state index in [1.165, 1.54) is 18.2 Å². The number of benzene rings is 2. The van der Waals surface area contributed by atoms with Crippen molar-refractivity contribution in [3.8, 4) is 11.5 Å². The predicted molar refractivity (Wildman–Crippen MR) is 107 cm³/mol. The van der Waals surface area contributed by atoms with Crippen LogP contribution in [0.1, 0.15) is 33.9 Å². The standard InChI is InChI=1S/C19H15Cl2F3N4O2/c1-8-27-15(17(21)28-8)19(29)26-7-9-2-3-13(20)16(14(9)22)30-12-5-10(18(23)24)4-11(25)6-12/h2-6,18H,7,25H2,1H3,(H,26,29)(H,27,28). The summed E-state index contributed by atoms with van der Waals surface area (Å²) in [5, 5.41) is 2.40. The lowest BCUT2D eigenvalue weighted by Gasteiger charge is -2.14. The quantitative estimate of drug-likeness (QED) is 0.430. The van der Waals surface area contributed by atoms with Gasteiger partial charge in [0, 0.05) is 29.4 Å². The molecule has 0 aliphatic rings. The van der Waals surface area contributed by atoms with Gasteiger partial charge in [0.2, 0.25) is 0 Å². The molecule has 3 rings (SSSR count). The van der Waals surface area contributed by atoms with Crippen LogP contribution in [0.25, 0.3) is 0 Å². The van der Waals surface area contributed by atoms with Gasteiger partial charge in [0.1, 0.15) is 17.3 Å². The lowest BCUT2D eigenvalue weighted by atomic mass is 10.1. The maximum atomic E-state index is 14.9. The molecule has 0 saturated heterocycles. The number of alkyl halides is 2. The maximum Gasteiger partial charge on any atom is 0.271 e. The third-order valence-electron chi connectivity index (χ3n) is 4.00. The van der Waals surface area contributed by atoms with Crippen LogP contribution in [0, 0.1) is 12.7 Å². The number of halogens is 5. The van der Waals surface area contributed by atoms with Crippen molar-refractivity contribution in [2.75, 3.05) is 5.73 Å². The minimum atomic E-state index is -2.78. The molecule has 0 spiro atoms. The Hall–Kier alpha value is -2.91. The lowest BCUT2D eigenvalue weighted by Crippen LogP contribution is -2.24. The number of hydrogen-bond donors (Lipinski definition) is 3. The Morgan fingerprint density at radius 2 is 2.03 bits per heavy atom. The van der Waals surface area contributed by atoms with E-state index in [1.54, 1.807) is 6.92 Å². The van der Waals surface area contributed by atoms with Gasteiger partial charge < -0.3 is 20.8 Å². The molecule has 158 valence electrons. The van der Waals surface area contributed by atoms with Gasteiger partial charge in [-0.1, -0.05) is 29.3 Å². The van der Waals surface area contributed by atoms with E-state index in [4.69, 9.17) is 33.7 Å². The fourth-order valence-corrected chi connectivity index (χ4v) is 3.07. The van der Waals surface area contributed by atoms with Crippen LogP contribution >= 0.6 is 23.2 Å². The Morgan fingerprint density at radius 3 is 2.67 bits per heavy atom.